The van der Waals surface area contributed by atoms with Gasteiger partial charge in [0.1, 0.15) is 0 Å². The molecular weight excluding hydrogens is 188 g/mol. The van der Waals surface area contributed by atoms with Gasteiger partial charge in [-0.1, -0.05) is 17.3 Å². The van der Waals surface area contributed by atoms with Crippen LogP contribution in [-0.4, -0.2) is 10.1 Å². The van der Waals surface area contributed by atoms with Crippen LogP contribution in [0.5, 0.6) is 0 Å². The first kappa shape index (κ1) is 8.17. The molecule has 0 unspecified atom stereocenters. The van der Waals surface area contributed by atoms with E-state index in [1.54, 1.807) is 18.6 Å². The highest BCUT2D eigenvalue weighted by Crippen LogP contribution is 2.27. The third-order valence-corrected chi connectivity index (χ3v) is 2.39. The lowest BCUT2D eigenvalue weighted by Crippen LogP contribution is -1.78. The fourth-order valence-corrected chi connectivity index (χ4v) is 1.68. The van der Waals surface area contributed by atoms with Crippen LogP contribution < -0.4 is 0 Å². The van der Waals surface area contributed by atoms with Crippen LogP contribution in [0.3, 0.4) is 0 Å². The smallest absolute Gasteiger partial charge is 0.167 e. The van der Waals surface area contributed by atoms with Crippen molar-refractivity contribution in [3.63, 3.8) is 0 Å². The maximum absolute atomic E-state index is 5.11. The lowest BCUT2D eigenvalue weighted by molar-refractivity contribution is 0.456. The van der Waals surface area contributed by atoms with Crippen LogP contribution in [0, 0.1) is 0 Å². The van der Waals surface area contributed by atoms with Gasteiger partial charge in [-0.2, -0.15) is 0 Å². The van der Waals surface area contributed by atoms with Crippen molar-refractivity contribution in [1.82, 2.24) is 10.1 Å². The Balaban J connectivity index is 2.31. The van der Waals surface area contributed by atoms with Crippen molar-refractivity contribution >= 4 is 11.0 Å². The molecule has 0 amide bonds. The molecule has 72 valence electrons. The van der Waals surface area contributed by atoms with Gasteiger partial charge in [0, 0.05) is 17.8 Å². The molecule has 1 aromatic carbocycles. The van der Waals surface area contributed by atoms with Gasteiger partial charge in [-0.25, -0.2) is 0 Å². The molecule has 15 heavy (non-hydrogen) atoms. The summed E-state index contributed by atoms with van der Waals surface area (Å²) in [6.07, 6.45) is 5.30. The topological polar surface area (TPSA) is 38.9 Å². The average molecular weight is 196 g/mol. The molecule has 0 bridgehead atoms. The molecule has 0 atom stereocenters. The zero-order valence-corrected chi connectivity index (χ0v) is 7.92. The molecule has 3 nitrogen and oxygen atoms in total. The molecule has 0 saturated heterocycles. The number of hydrogen-bond donors (Lipinski definition) is 0. The fourth-order valence-electron chi connectivity index (χ4n) is 1.68. The number of nitrogens with zero attached hydrogens (tertiary/aromatic N) is 2. The highest BCUT2D eigenvalue weighted by atomic mass is 16.5. The van der Waals surface area contributed by atoms with Gasteiger partial charge in [-0.15, -0.1) is 0 Å². The van der Waals surface area contributed by atoms with Crippen molar-refractivity contribution in [2.24, 2.45) is 0 Å². The van der Waals surface area contributed by atoms with E-state index in [0.29, 0.717) is 0 Å². The van der Waals surface area contributed by atoms with E-state index in [4.69, 9.17) is 4.52 Å². The number of pyridine rings is 1. The zero-order valence-electron chi connectivity index (χ0n) is 7.92. The Kier molecular flexibility index (Phi) is 1.75. The molecule has 2 heterocycles. The van der Waals surface area contributed by atoms with E-state index in [2.05, 4.69) is 16.2 Å². The average Bonchev–Trinajstić information content (AvgIpc) is 2.78. The summed E-state index contributed by atoms with van der Waals surface area (Å²) in [5.74, 6) is 0. The van der Waals surface area contributed by atoms with Crippen molar-refractivity contribution in [3.05, 3.63) is 48.9 Å². The van der Waals surface area contributed by atoms with Gasteiger partial charge in [0.25, 0.3) is 0 Å². The summed E-state index contributed by atoms with van der Waals surface area (Å²) in [7, 11) is 0. The van der Waals surface area contributed by atoms with Crippen LogP contribution in [-0.2, 0) is 0 Å². The second kappa shape index (κ2) is 3.20. The van der Waals surface area contributed by atoms with Crippen LogP contribution in [0.4, 0.5) is 0 Å². The first-order valence-electron chi connectivity index (χ1n) is 4.69. The summed E-state index contributed by atoms with van der Waals surface area (Å²) in [6.45, 7) is 0. The predicted octanol–water partition coefficient (Wildman–Crippen LogP) is 2.89. The highest BCUT2D eigenvalue weighted by Gasteiger charge is 2.05. The van der Waals surface area contributed by atoms with E-state index < -0.39 is 0 Å². The monoisotopic (exact) mass is 196 g/mol. The minimum atomic E-state index is 0.810. The van der Waals surface area contributed by atoms with Crippen molar-refractivity contribution < 1.29 is 4.52 Å². The van der Waals surface area contributed by atoms with Crippen molar-refractivity contribution in [2.75, 3.05) is 0 Å². The molecule has 0 aliphatic carbocycles. The molecule has 0 fully saturated rings. The quantitative estimate of drug-likeness (QED) is 0.600. The molecular formula is C12H8N2O. The largest absolute Gasteiger partial charge is 0.356 e. The second-order valence-electron chi connectivity index (χ2n) is 3.28. The van der Waals surface area contributed by atoms with Crippen molar-refractivity contribution in [1.29, 1.82) is 0 Å². The molecule has 3 heteroatoms. The maximum Gasteiger partial charge on any atom is 0.167 e. The number of fused-ring (bicyclic) bond motifs is 1. The fraction of sp³-hybridized carbons (Fsp3) is 0. The molecule has 0 aliphatic rings. The normalized spacial score (nSPS) is 10.7. The van der Waals surface area contributed by atoms with E-state index in [1.807, 2.05) is 24.3 Å². The van der Waals surface area contributed by atoms with Gasteiger partial charge >= 0.3 is 0 Å². The SMILES string of the molecule is c1cc(-c2ccncc2)c2cnoc2c1. The van der Waals surface area contributed by atoms with E-state index >= 15 is 0 Å². The molecule has 0 N–H and O–H groups in total. The Labute approximate surface area is 86.4 Å². The molecule has 3 aromatic rings. The molecule has 0 aliphatic heterocycles. The number of aromatic nitrogens is 2. The highest BCUT2D eigenvalue weighted by molar-refractivity contribution is 5.92. The van der Waals surface area contributed by atoms with Gasteiger partial charge in [0.15, 0.2) is 5.58 Å². The first-order valence-corrected chi connectivity index (χ1v) is 4.69. The number of hydrogen-bond acceptors (Lipinski definition) is 3. The molecule has 0 saturated carbocycles. The molecule has 2 aromatic heterocycles. The maximum atomic E-state index is 5.11. The Bertz CT molecular complexity index is 587. The standard InChI is InChI=1S/C12H8N2O/c1-2-10(9-4-6-13-7-5-9)11-8-14-15-12(11)3-1/h1-8H. The lowest BCUT2D eigenvalue weighted by Gasteiger charge is -2.00. The van der Waals surface area contributed by atoms with E-state index in [-0.39, 0.29) is 0 Å². The van der Waals surface area contributed by atoms with E-state index in [1.165, 1.54) is 0 Å². The Hall–Kier alpha value is -2.16. The van der Waals surface area contributed by atoms with Gasteiger partial charge in [0.2, 0.25) is 0 Å². The second-order valence-corrected chi connectivity index (χ2v) is 3.28. The van der Waals surface area contributed by atoms with Crippen LogP contribution in [0.2, 0.25) is 0 Å². The summed E-state index contributed by atoms with van der Waals surface area (Å²) < 4.78 is 5.11. The van der Waals surface area contributed by atoms with Crippen LogP contribution in [0.25, 0.3) is 22.1 Å². The summed E-state index contributed by atoms with van der Waals surface area (Å²) >= 11 is 0. The van der Waals surface area contributed by atoms with Crippen LogP contribution in [0.1, 0.15) is 0 Å². The Morgan fingerprint density at radius 3 is 2.73 bits per heavy atom. The first-order chi connectivity index (χ1) is 7.45. The molecule has 3 rings (SSSR count). The third-order valence-electron chi connectivity index (χ3n) is 2.39. The lowest BCUT2D eigenvalue weighted by atomic mass is 10.0. The minimum Gasteiger partial charge on any atom is -0.356 e. The number of benzene rings is 1. The van der Waals surface area contributed by atoms with Crippen molar-refractivity contribution in [3.8, 4) is 11.1 Å². The predicted molar refractivity (Wildman–Crippen MR) is 57.2 cm³/mol. The van der Waals surface area contributed by atoms with Crippen LogP contribution in [0.15, 0.2) is 53.4 Å². The van der Waals surface area contributed by atoms with Gasteiger partial charge in [-0.05, 0) is 29.3 Å². The zero-order chi connectivity index (χ0) is 10.1. The van der Waals surface area contributed by atoms with Crippen LogP contribution >= 0.6 is 0 Å². The third kappa shape index (κ3) is 1.29. The Morgan fingerprint density at radius 1 is 1.00 bits per heavy atom. The minimum absolute atomic E-state index is 0.810. The summed E-state index contributed by atoms with van der Waals surface area (Å²) in [6, 6.07) is 9.87. The molecule has 0 radical (unpaired) electrons. The van der Waals surface area contributed by atoms with Gasteiger partial charge < -0.3 is 4.52 Å². The summed E-state index contributed by atoms with van der Waals surface area (Å²) in [5.41, 5.74) is 3.05. The number of rotatable bonds is 1. The summed E-state index contributed by atoms with van der Waals surface area (Å²) in [5, 5.41) is 4.83. The van der Waals surface area contributed by atoms with Gasteiger partial charge in [0.05, 0.1) is 6.20 Å². The Morgan fingerprint density at radius 2 is 1.87 bits per heavy atom. The molecule has 0 spiro atoms. The van der Waals surface area contributed by atoms with E-state index in [9.17, 15) is 0 Å². The van der Waals surface area contributed by atoms with Crippen molar-refractivity contribution in [2.45, 2.75) is 0 Å². The van der Waals surface area contributed by atoms with E-state index in [0.717, 1.165) is 22.1 Å². The van der Waals surface area contributed by atoms with Gasteiger partial charge in [-0.3, -0.25) is 4.98 Å². The summed E-state index contributed by atoms with van der Waals surface area (Å²) in [4.78, 5) is 4.00.